The molecule has 0 aliphatic carbocycles. The molecule has 0 atom stereocenters. The molecule has 0 N–H and O–H groups in total. The van der Waals surface area contributed by atoms with Crippen molar-refractivity contribution in [1.29, 1.82) is 0 Å². The van der Waals surface area contributed by atoms with Gasteiger partial charge in [-0.05, 0) is 43.2 Å². The summed E-state index contributed by atoms with van der Waals surface area (Å²) in [5.74, 6) is 0.241. The zero-order valence-electron chi connectivity index (χ0n) is 10.9. The molecule has 1 rings (SSSR count). The predicted octanol–water partition coefficient (Wildman–Crippen LogP) is 5.20. The van der Waals surface area contributed by atoms with E-state index < -0.39 is 29.2 Å². The first-order valence-electron chi connectivity index (χ1n) is 6.17. The highest BCUT2D eigenvalue weighted by atomic mass is 32.1. The minimum Gasteiger partial charge on any atom is -0.494 e. The van der Waals surface area contributed by atoms with Crippen LogP contribution in [0.2, 0.25) is 0 Å². The number of benzene rings is 1. The molecule has 0 aliphatic heterocycles. The Hall–Kier alpha value is -1.05. The van der Waals surface area contributed by atoms with Crippen LogP contribution in [0.1, 0.15) is 30.4 Å². The molecule has 21 heavy (non-hydrogen) atoms. The summed E-state index contributed by atoms with van der Waals surface area (Å²) in [4.78, 5) is 0. The molecule has 0 heterocycles. The van der Waals surface area contributed by atoms with Crippen molar-refractivity contribution < 1.29 is 31.1 Å². The van der Waals surface area contributed by atoms with E-state index in [9.17, 15) is 26.3 Å². The number of unbranched alkanes of at least 4 members (excludes halogenated alkanes) is 2. The number of thiol groups is 1. The van der Waals surface area contributed by atoms with Crippen LogP contribution in [-0.2, 0) is 12.4 Å². The van der Waals surface area contributed by atoms with Gasteiger partial charge in [-0.25, -0.2) is 0 Å². The van der Waals surface area contributed by atoms with Gasteiger partial charge >= 0.3 is 12.4 Å². The smallest absolute Gasteiger partial charge is 0.416 e. The van der Waals surface area contributed by atoms with Gasteiger partial charge in [-0.1, -0.05) is 0 Å². The fourth-order valence-electron chi connectivity index (χ4n) is 1.59. The molecule has 1 nitrogen and oxygen atoms in total. The Morgan fingerprint density at radius 3 is 1.76 bits per heavy atom. The lowest BCUT2D eigenvalue weighted by atomic mass is 10.1. The van der Waals surface area contributed by atoms with Crippen LogP contribution in [0.5, 0.6) is 5.75 Å². The molecule has 0 saturated heterocycles. The van der Waals surface area contributed by atoms with Crippen LogP contribution in [0.3, 0.4) is 0 Å². The summed E-state index contributed by atoms with van der Waals surface area (Å²) in [6, 6.07) is 1.23. The second-order valence-corrected chi connectivity index (χ2v) is 4.82. The minimum absolute atomic E-state index is 0.0619. The molecule has 1 aromatic carbocycles. The fraction of sp³-hybridized carbons (Fsp3) is 0.538. The molecular formula is C13H14F6OS. The molecule has 8 heteroatoms. The second kappa shape index (κ2) is 7.29. The standard InChI is InChI=1S/C13H14F6OS/c14-12(15,16)9-6-10(13(17,18)19)8-11(7-9)20-4-2-1-3-5-21/h6-8,21H,1-5H2. The quantitative estimate of drug-likeness (QED) is 0.428. The first-order valence-corrected chi connectivity index (χ1v) is 6.81. The molecule has 0 bridgehead atoms. The highest BCUT2D eigenvalue weighted by Crippen LogP contribution is 2.38. The van der Waals surface area contributed by atoms with Crippen molar-refractivity contribution in [2.24, 2.45) is 0 Å². The SMILES string of the molecule is FC(F)(F)c1cc(OCCCCCS)cc(C(F)(F)F)c1. The highest BCUT2D eigenvalue weighted by molar-refractivity contribution is 7.80. The number of hydrogen-bond donors (Lipinski definition) is 1. The first kappa shape index (κ1) is 18.0. The average molecular weight is 332 g/mol. The van der Waals surface area contributed by atoms with E-state index in [1.807, 2.05) is 0 Å². The Balaban J connectivity index is 2.88. The molecular weight excluding hydrogens is 318 g/mol. The van der Waals surface area contributed by atoms with Crippen LogP contribution < -0.4 is 4.74 Å². The zero-order chi connectivity index (χ0) is 16.1. The van der Waals surface area contributed by atoms with Crippen LogP contribution in [-0.4, -0.2) is 12.4 Å². The first-order chi connectivity index (χ1) is 9.64. The summed E-state index contributed by atoms with van der Waals surface area (Å²) in [5, 5.41) is 0. The van der Waals surface area contributed by atoms with E-state index in [1.54, 1.807) is 0 Å². The van der Waals surface area contributed by atoms with Gasteiger partial charge in [0.15, 0.2) is 0 Å². The molecule has 0 aliphatic rings. The maximum atomic E-state index is 12.6. The largest absolute Gasteiger partial charge is 0.494 e. The zero-order valence-corrected chi connectivity index (χ0v) is 11.8. The van der Waals surface area contributed by atoms with E-state index in [2.05, 4.69) is 12.6 Å². The Morgan fingerprint density at radius 1 is 0.810 bits per heavy atom. The summed E-state index contributed by atoms with van der Waals surface area (Å²) in [7, 11) is 0. The Kier molecular flexibility index (Phi) is 6.24. The van der Waals surface area contributed by atoms with E-state index in [0.717, 1.165) is 12.8 Å². The van der Waals surface area contributed by atoms with Crippen LogP contribution in [0.15, 0.2) is 18.2 Å². The molecule has 0 fully saturated rings. The van der Waals surface area contributed by atoms with Crippen molar-refractivity contribution in [3.05, 3.63) is 29.3 Å². The Labute approximate surface area is 123 Å². The van der Waals surface area contributed by atoms with Gasteiger partial charge in [-0.15, -0.1) is 0 Å². The Morgan fingerprint density at radius 2 is 1.33 bits per heavy atom. The highest BCUT2D eigenvalue weighted by Gasteiger charge is 2.37. The average Bonchev–Trinajstić information content (AvgIpc) is 2.36. The maximum absolute atomic E-state index is 12.6. The normalized spacial score (nSPS) is 12.5. The topological polar surface area (TPSA) is 9.23 Å². The molecule has 1 aromatic rings. The van der Waals surface area contributed by atoms with Gasteiger partial charge in [0.05, 0.1) is 17.7 Å². The summed E-state index contributed by atoms with van der Waals surface area (Å²) in [6.45, 7) is 0.0619. The van der Waals surface area contributed by atoms with Crippen LogP contribution in [0.25, 0.3) is 0 Å². The summed E-state index contributed by atoms with van der Waals surface area (Å²) >= 11 is 3.99. The molecule has 0 amide bonds. The maximum Gasteiger partial charge on any atom is 0.416 e. The van der Waals surface area contributed by atoms with Crippen molar-refractivity contribution in [3.8, 4) is 5.75 Å². The number of alkyl halides is 6. The number of halogens is 6. The van der Waals surface area contributed by atoms with E-state index in [1.165, 1.54) is 0 Å². The van der Waals surface area contributed by atoms with Gasteiger partial charge in [0.25, 0.3) is 0 Å². The van der Waals surface area contributed by atoms with Crippen molar-refractivity contribution >= 4 is 12.6 Å². The summed E-state index contributed by atoms with van der Waals surface area (Å²) in [6.07, 6.45) is -7.62. The van der Waals surface area contributed by atoms with Crippen molar-refractivity contribution in [2.75, 3.05) is 12.4 Å². The number of rotatable bonds is 6. The molecule has 0 unspecified atom stereocenters. The third-order valence-electron chi connectivity index (χ3n) is 2.63. The van der Waals surface area contributed by atoms with Gasteiger partial charge < -0.3 is 4.74 Å². The predicted molar refractivity (Wildman–Crippen MR) is 69.6 cm³/mol. The van der Waals surface area contributed by atoms with E-state index in [-0.39, 0.29) is 12.7 Å². The van der Waals surface area contributed by atoms with E-state index >= 15 is 0 Å². The van der Waals surface area contributed by atoms with Gasteiger partial charge in [0.2, 0.25) is 0 Å². The molecule has 0 aromatic heterocycles. The molecule has 120 valence electrons. The van der Waals surface area contributed by atoms with Crippen LogP contribution >= 0.6 is 12.6 Å². The third-order valence-corrected chi connectivity index (χ3v) is 2.95. The third kappa shape index (κ3) is 6.07. The van der Waals surface area contributed by atoms with Gasteiger partial charge in [0.1, 0.15) is 5.75 Å². The van der Waals surface area contributed by atoms with Gasteiger partial charge in [-0.2, -0.15) is 39.0 Å². The molecule has 0 saturated carbocycles. The van der Waals surface area contributed by atoms with Crippen LogP contribution in [0.4, 0.5) is 26.3 Å². The number of ether oxygens (including phenoxy) is 1. The lowest BCUT2D eigenvalue weighted by Gasteiger charge is -2.14. The molecule has 0 spiro atoms. The van der Waals surface area contributed by atoms with Crippen LogP contribution in [0, 0.1) is 0 Å². The monoisotopic (exact) mass is 332 g/mol. The van der Waals surface area contributed by atoms with Gasteiger partial charge in [0, 0.05) is 0 Å². The van der Waals surface area contributed by atoms with Crippen molar-refractivity contribution in [3.63, 3.8) is 0 Å². The van der Waals surface area contributed by atoms with Crippen molar-refractivity contribution in [2.45, 2.75) is 31.6 Å². The summed E-state index contributed by atoms with van der Waals surface area (Å²) in [5.41, 5.74) is -2.75. The number of hydrogen-bond acceptors (Lipinski definition) is 2. The fourth-order valence-corrected chi connectivity index (χ4v) is 1.81. The Bertz CT molecular complexity index is 423. The lowest BCUT2D eigenvalue weighted by molar-refractivity contribution is -0.143. The van der Waals surface area contributed by atoms with E-state index in [0.29, 0.717) is 24.3 Å². The lowest BCUT2D eigenvalue weighted by Crippen LogP contribution is -2.11. The van der Waals surface area contributed by atoms with Gasteiger partial charge in [-0.3, -0.25) is 0 Å². The van der Waals surface area contributed by atoms with Crippen molar-refractivity contribution in [1.82, 2.24) is 0 Å². The molecule has 0 radical (unpaired) electrons. The van der Waals surface area contributed by atoms with E-state index in [4.69, 9.17) is 4.74 Å². The second-order valence-electron chi connectivity index (χ2n) is 4.37. The minimum atomic E-state index is -4.86. The summed E-state index contributed by atoms with van der Waals surface area (Å²) < 4.78 is 80.6.